The number of aryl methyl sites for hydroxylation is 1. The molecule has 0 amide bonds. The van der Waals surface area contributed by atoms with Crippen molar-refractivity contribution in [2.75, 3.05) is 6.61 Å². The standard InChI is InChI=1S/C10H12O4/c11-6-2-4-7-3-1-5-8(9(7)12)10(13)14/h1,3,5,11-12H,2,4,6H2,(H,13,14). The molecule has 0 atom stereocenters. The van der Waals surface area contributed by atoms with Gasteiger partial charge < -0.3 is 15.3 Å². The highest BCUT2D eigenvalue weighted by molar-refractivity contribution is 5.91. The molecule has 0 saturated carbocycles. The van der Waals surface area contributed by atoms with Gasteiger partial charge in [0.05, 0.1) is 0 Å². The highest BCUT2D eigenvalue weighted by Crippen LogP contribution is 2.23. The van der Waals surface area contributed by atoms with E-state index in [9.17, 15) is 9.90 Å². The van der Waals surface area contributed by atoms with Crippen LogP contribution in [0.3, 0.4) is 0 Å². The predicted octanol–water partition coefficient (Wildman–Crippen LogP) is 1.02. The highest BCUT2D eigenvalue weighted by atomic mass is 16.4. The van der Waals surface area contributed by atoms with Gasteiger partial charge in [-0.05, 0) is 24.5 Å². The van der Waals surface area contributed by atoms with Crippen molar-refractivity contribution in [3.05, 3.63) is 29.3 Å². The maximum absolute atomic E-state index is 10.6. The lowest BCUT2D eigenvalue weighted by Crippen LogP contribution is -1.99. The number of benzene rings is 1. The molecule has 76 valence electrons. The lowest BCUT2D eigenvalue weighted by Gasteiger charge is -2.05. The summed E-state index contributed by atoms with van der Waals surface area (Å²) in [4.78, 5) is 10.6. The Morgan fingerprint density at radius 3 is 2.64 bits per heavy atom. The first-order valence-corrected chi connectivity index (χ1v) is 4.32. The average Bonchev–Trinajstić information content (AvgIpc) is 2.16. The second-order valence-electron chi connectivity index (χ2n) is 2.95. The number of carboxylic acid groups (broad SMARTS) is 1. The summed E-state index contributed by atoms with van der Waals surface area (Å²) in [6.45, 7) is 0.0245. The molecule has 0 saturated heterocycles. The first-order chi connectivity index (χ1) is 6.66. The summed E-state index contributed by atoms with van der Waals surface area (Å²) in [5.74, 6) is -1.35. The van der Waals surface area contributed by atoms with E-state index in [1.54, 1.807) is 12.1 Å². The van der Waals surface area contributed by atoms with Gasteiger partial charge >= 0.3 is 5.97 Å². The number of aliphatic hydroxyl groups excluding tert-OH is 1. The number of hydrogen-bond donors (Lipinski definition) is 3. The fourth-order valence-corrected chi connectivity index (χ4v) is 1.24. The smallest absolute Gasteiger partial charge is 0.339 e. The fourth-order valence-electron chi connectivity index (χ4n) is 1.24. The summed E-state index contributed by atoms with van der Waals surface area (Å²) < 4.78 is 0. The largest absolute Gasteiger partial charge is 0.507 e. The minimum absolute atomic E-state index is 0.0245. The maximum atomic E-state index is 10.6. The van der Waals surface area contributed by atoms with Gasteiger partial charge in [0.25, 0.3) is 0 Å². The zero-order valence-corrected chi connectivity index (χ0v) is 7.60. The highest BCUT2D eigenvalue weighted by Gasteiger charge is 2.11. The van der Waals surface area contributed by atoms with E-state index in [4.69, 9.17) is 10.2 Å². The van der Waals surface area contributed by atoms with Crippen molar-refractivity contribution < 1.29 is 20.1 Å². The SMILES string of the molecule is O=C(O)c1cccc(CCCO)c1O. The molecule has 1 aromatic carbocycles. The number of aliphatic hydroxyl groups is 1. The Morgan fingerprint density at radius 2 is 2.07 bits per heavy atom. The monoisotopic (exact) mass is 196 g/mol. The van der Waals surface area contributed by atoms with Crippen LogP contribution in [0.5, 0.6) is 5.75 Å². The molecule has 1 aromatic rings. The van der Waals surface area contributed by atoms with Crippen molar-refractivity contribution in [3.8, 4) is 5.75 Å². The van der Waals surface area contributed by atoms with Gasteiger partial charge in [0.2, 0.25) is 0 Å². The average molecular weight is 196 g/mol. The topological polar surface area (TPSA) is 77.8 Å². The lowest BCUT2D eigenvalue weighted by atomic mass is 10.0. The van der Waals surface area contributed by atoms with E-state index in [0.717, 1.165) is 0 Å². The fraction of sp³-hybridized carbons (Fsp3) is 0.300. The van der Waals surface area contributed by atoms with Crippen molar-refractivity contribution in [1.82, 2.24) is 0 Å². The van der Waals surface area contributed by atoms with E-state index in [2.05, 4.69) is 0 Å². The van der Waals surface area contributed by atoms with Crippen molar-refractivity contribution in [2.24, 2.45) is 0 Å². The third kappa shape index (κ3) is 2.23. The van der Waals surface area contributed by atoms with Crippen LogP contribution in [0.25, 0.3) is 0 Å². The van der Waals surface area contributed by atoms with Crippen molar-refractivity contribution in [2.45, 2.75) is 12.8 Å². The molecule has 4 nitrogen and oxygen atoms in total. The Hall–Kier alpha value is -1.55. The van der Waals surface area contributed by atoms with Gasteiger partial charge in [0.1, 0.15) is 11.3 Å². The lowest BCUT2D eigenvalue weighted by molar-refractivity contribution is 0.0693. The molecule has 0 fully saturated rings. The normalized spacial score (nSPS) is 10.1. The first kappa shape index (κ1) is 10.5. The molecule has 0 aliphatic carbocycles. The zero-order valence-electron chi connectivity index (χ0n) is 7.60. The third-order valence-corrected chi connectivity index (χ3v) is 1.95. The van der Waals surface area contributed by atoms with Gasteiger partial charge in [-0.1, -0.05) is 12.1 Å². The number of aromatic carboxylic acids is 1. The number of para-hydroxylation sites is 1. The predicted molar refractivity (Wildman–Crippen MR) is 50.5 cm³/mol. The molecular formula is C10H12O4. The molecule has 0 aliphatic rings. The molecule has 0 radical (unpaired) electrons. The summed E-state index contributed by atoms with van der Waals surface area (Å²) in [6.07, 6.45) is 0.986. The van der Waals surface area contributed by atoms with Crippen LogP contribution in [0, 0.1) is 0 Å². The van der Waals surface area contributed by atoms with Gasteiger partial charge in [0.15, 0.2) is 0 Å². The number of phenols is 1. The Balaban J connectivity index is 2.95. The minimum Gasteiger partial charge on any atom is -0.507 e. The number of hydrogen-bond acceptors (Lipinski definition) is 3. The summed E-state index contributed by atoms with van der Waals surface area (Å²) in [7, 11) is 0. The molecule has 0 spiro atoms. The second-order valence-corrected chi connectivity index (χ2v) is 2.95. The molecular weight excluding hydrogens is 184 g/mol. The second kappa shape index (κ2) is 4.62. The first-order valence-electron chi connectivity index (χ1n) is 4.32. The Labute approximate surface area is 81.4 Å². The van der Waals surface area contributed by atoms with Crippen LogP contribution in [0.15, 0.2) is 18.2 Å². The molecule has 1 rings (SSSR count). The van der Waals surface area contributed by atoms with E-state index in [1.165, 1.54) is 6.07 Å². The molecule has 0 aromatic heterocycles. The number of carbonyl (C=O) groups is 1. The van der Waals surface area contributed by atoms with Gasteiger partial charge in [-0.15, -0.1) is 0 Å². The van der Waals surface area contributed by atoms with E-state index < -0.39 is 5.97 Å². The van der Waals surface area contributed by atoms with Crippen LogP contribution < -0.4 is 0 Å². The van der Waals surface area contributed by atoms with Crippen LogP contribution in [0.4, 0.5) is 0 Å². The van der Waals surface area contributed by atoms with Crippen LogP contribution in [-0.2, 0) is 6.42 Å². The van der Waals surface area contributed by atoms with Gasteiger partial charge in [-0.2, -0.15) is 0 Å². The maximum Gasteiger partial charge on any atom is 0.339 e. The Morgan fingerprint density at radius 1 is 1.36 bits per heavy atom. The summed E-state index contributed by atoms with van der Waals surface area (Å²) in [5, 5.41) is 26.8. The summed E-state index contributed by atoms with van der Waals surface area (Å²) in [6, 6.07) is 4.58. The van der Waals surface area contributed by atoms with Gasteiger partial charge in [0, 0.05) is 6.61 Å². The third-order valence-electron chi connectivity index (χ3n) is 1.95. The quantitative estimate of drug-likeness (QED) is 0.671. The molecule has 0 unspecified atom stereocenters. The Kier molecular flexibility index (Phi) is 3.48. The number of aromatic hydroxyl groups is 1. The van der Waals surface area contributed by atoms with Crippen LogP contribution in [0.1, 0.15) is 22.3 Å². The van der Waals surface area contributed by atoms with Crippen LogP contribution in [0.2, 0.25) is 0 Å². The molecule has 0 aliphatic heterocycles. The van der Waals surface area contributed by atoms with Crippen LogP contribution >= 0.6 is 0 Å². The molecule has 14 heavy (non-hydrogen) atoms. The van der Waals surface area contributed by atoms with Gasteiger partial charge in [-0.25, -0.2) is 4.79 Å². The molecule has 3 N–H and O–H groups in total. The van der Waals surface area contributed by atoms with E-state index in [-0.39, 0.29) is 17.9 Å². The van der Waals surface area contributed by atoms with Crippen LogP contribution in [-0.4, -0.2) is 27.9 Å². The molecule has 0 bridgehead atoms. The van der Waals surface area contributed by atoms with E-state index >= 15 is 0 Å². The molecule has 4 heteroatoms. The molecule has 0 heterocycles. The summed E-state index contributed by atoms with van der Waals surface area (Å²) in [5.41, 5.74) is 0.458. The van der Waals surface area contributed by atoms with Crippen molar-refractivity contribution in [3.63, 3.8) is 0 Å². The van der Waals surface area contributed by atoms with E-state index in [0.29, 0.717) is 18.4 Å². The van der Waals surface area contributed by atoms with Gasteiger partial charge in [-0.3, -0.25) is 0 Å². The van der Waals surface area contributed by atoms with Crippen molar-refractivity contribution >= 4 is 5.97 Å². The Bertz CT molecular complexity index is 333. The summed E-state index contributed by atoms with van der Waals surface area (Å²) >= 11 is 0. The minimum atomic E-state index is -1.15. The zero-order chi connectivity index (χ0) is 10.6. The number of carboxylic acids is 1. The van der Waals surface area contributed by atoms with Crippen molar-refractivity contribution in [1.29, 1.82) is 0 Å². The number of rotatable bonds is 4. The van der Waals surface area contributed by atoms with E-state index in [1.807, 2.05) is 0 Å².